The molecule has 1 heterocycles. The summed E-state index contributed by atoms with van der Waals surface area (Å²) in [4.78, 5) is 23.4. The van der Waals surface area contributed by atoms with Crippen LogP contribution in [0.3, 0.4) is 0 Å². The molecule has 74 valence electrons. The van der Waals surface area contributed by atoms with Gasteiger partial charge in [0.2, 0.25) is 5.91 Å². The van der Waals surface area contributed by atoms with E-state index in [1.165, 1.54) is 0 Å². The number of thioether (sulfide) groups is 1. The van der Waals surface area contributed by atoms with Gasteiger partial charge in [-0.05, 0) is 0 Å². The van der Waals surface area contributed by atoms with Crippen LogP contribution in [0.15, 0.2) is 0 Å². The number of carbonyl (C=O) groups is 2. The number of primary amides is 1. The smallest absolute Gasteiger partial charge is 0.318 e. The number of hydrogen-bond acceptors (Lipinski definition) is 4. The van der Waals surface area contributed by atoms with Gasteiger partial charge in [0.25, 0.3) is 0 Å². The standard InChI is InChI=1S/C7H13N3O2S/c8-7(12)9-6(11)5-10-1-3-13-4-2-10/h1-5H2,(H3,8,9,11,12). The third-order valence-electron chi connectivity index (χ3n) is 1.73. The molecule has 1 rings (SSSR count). The first-order valence-corrected chi connectivity index (χ1v) is 5.23. The third-order valence-corrected chi connectivity index (χ3v) is 2.68. The van der Waals surface area contributed by atoms with Crippen molar-refractivity contribution in [2.75, 3.05) is 31.1 Å². The van der Waals surface area contributed by atoms with Crippen molar-refractivity contribution >= 4 is 23.7 Å². The molecule has 13 heavy (non-hydrogen) atoms. The molecule has 0 bridgehead atoms. The SMILES string of the molecule is NC(=O)NC(=O)CN1CCSCC1. The van der Waals surface area contributed by atoms with E-state index in [0.717, 1.165) is 24.6 Å². The van der Waals surface area contributed by atoms with E-state index in [1.54, 1.807) is 0 Å². The van der Waals surface area contributed by atoms with Crippen molar-refractivity contribution in [1.29, 1.82) is 0 Å². The fourth-order valence-corrected chi connectivity index (χ4v) is 2.12. The van der Waals surface area contributed by atoms with Crippen LogP contribution >= 0.6 is 11.8 Å². The van der Waals surface area contributed by atoms with Gasteiger partial charge in [-0.3, -0.25) is 15.0 Å². The number of nitrogens with one attached hydrogen (secondary N) is 1. The highest BCUT2D eigenvalue weighted by Crippen LogP contribution is 2.07. The minimum Gasteiger partial charge on any atom is -0.351 e. The van der Waals surface area contributed by atoms with E-state index in [1.807, 2.05) is 22.0 Å². The predicted octanol–water partition coefficient (Wildman–Crippen LogP) is -0.770. The minimum atomic E-state index is -0.781. The fraction of sp³-hybridized carbons (Fsp3) is 0.714. The molecule has 3 N–H and O–H groups in total. The van der Waals surface area contributed by atoms with Gasteiger partial charge in [0, 0.05) is 24.6 Å². The van der Waals surface area contributed by atoms with Crippen molar-refractivity contribution in [1.82, 2.24) is 10.2 Å². The van der Waals surface area contributed by atoms with E-state index >= 15 is 0 Å². The van der Waals surface area contributed by atoms with Gasteiger partial charge in [-0.1, -0.05) is 0 Å². The Morgan fingerprint density at radius 2 is 2.00 bits per heavy atom. The number of nitrogens with zero attached hydrogens (tertiary/aromatic N) is 1. The molecular weight excluding hydrogens is 190 g/mol. The van der Waals surface area contributed by atoms with E-state index in [9.17, 15) is 9.59 Å². The lowest BCUT2D eigenvalue weighted by molar-refractivity contribution is -0.121. The van der Waals surface area contributed by atoms with E-state index in [0.29, 0.717) is 0 Å². The lowest BCUT2D eigenvalue weighted by Gasteiger charge is -2.24. The second kappa shape index (κ2) is 5.08. The molecule has 0 atom stereocenters. The number of rotatable bonds is 2. The molecule has 3 amide bonds. The molecule has 0 aliphatic carbocycles. The monoisotopic (exact) mass is 203 g/mol. The van der Waals surface area contributed by atoms with Crippen LogP contribution in [0.2, 0.25) is 0 Å². The average Bonchev–Trinajstić information content (AvgIpc) is 2.04. The highest BCUT2D eigenvalue weighted by molar-refractivity contribution is 7.99. The average molecular weight is 203 g/mol. The Balaban J connectivity index is 2.22. The summed E-state index contributed by atoms with van der Waals surface area (Å²) >= 11 is 1.87. The van der Waals surface area contributed by atoms with E-state index in [-0.39, 0.29) is 12.5 Å². The van der Waals surface area contributed by atoms with Gasteiger partial charge >= 0.3 is 6.03 Å². The Labute approximate surface area is 81.0 Å². The maximum absolute atomic E-state index is 11.1. The Morgan fingerprint density at radius 1 is 1.38 bits per heavy atom. The van der Waals surface area contributed by atoms with Gasteiger partial charge in [0.05, 0.1) is 6.54 Å². The van der Waals surface area contributed by atoms with Crippen molar-refractivity contribution in [3.8, 4) is 0 Å². The first-order chi connectivity index (χ1) is 6.18. The van der Waals surface area contributed by atoms with Crippen molar-refractivity contribution in [3.05, 3.63) is 0 Å². The molecule has 0 spiro atoms. The van der Waals surface area contributed by atoms with Gasteiger partial charge in [-0.25, -0.2) is 4.79 Å². The molecule has 6 heteroatoms. The van der Waals surface area contributed by atoms with Gasteiger partial charge in [-0.2, -0.15) is 11.8 Å². The molecule has 1 fully saturated rings. The summed E-state index contributed by atoms with van der Waals surface area (Å²) in [6, 6.07) is -0.781. The largest absolute Gasteiger partial charge is 0.351 e. The fourth-order valence-electron chi connectivity index (χ4n) is 1.14. The van der Waals surface area contributed by atoms with Crippen LogP contribution in [-0.2, 0) is 4.79 Å². The number of hydrogen-bond donors (Lipinski definition) is 2. The van der Waals surface area contributed by atoms with Crippen LogP contribution in [0.25, 0.3) is 0 Å². The second-order valence-corrected chi connectivity index (χ2v) is 4.03. The zero-order chi connectivity index (χ0) is 9.68. The maximum Gasteiger partial charge on any atom is 0.318 e. The third kappa shape index (κ3) is 4.14. The summed E-state index contributed by atoms with van der Waals surface area (Å²) in [5.74, 6) is 1.77. The van der Waals surface area contributed by atoms with Crippen molar-refractivity contribution in [3.63, 3.8) is 0 Å². The Bertz CT molecular complexity index is 204. The molecule has 1 aliphatic rings. The van der Waals surface area contributed by atoms with Crippen molar-refractivity contribution in [2.45, 2.75) is 0 Å². The normalized spacial score (nSPS) is 18.2. The van der Waals surface area contributed by atoms with Gasteiger partial charge in [-0.15, -0.1) is 0 Å². The number of nitrogens with two attached hydrogens (primary N) is 1. The van der Waals surface area contributed by atoms with Gasteiger partial charge in [0.15, 0.2) is 0 Å². The van der Waals surface area contributed by atoms with Crippen LogP contribution in [-0.4, -0.2) is 48.0 Å². The zero-order valence-corrected chi connectivity index (χ0v) is 8.10. The van der Waals surface area contributed by atoms with Gasteiger partial charge in [0.1, 0.15) is 0 Å². The summed E-state index contributed by atoms with van der Waals surface area (Å²) in [5.41, 5.74) is 4.80. The summed E-state index contributed by atoms with van der Waals surface area (Å²) in [7, 11) is 0. The van der Waals surface area contributed by atoms with E-state index < -0.39 is 6.03 Å². The predicted molar refractivity (Wildman–Crippen MR) is 51.5 cm³/mol. The van der Waals surface area contributed by atoms with Crippen LogP contribution in [0.4, 0.5) is 4.79 Å². The molecule has 1 saturated heterocycles. The van der Waals surface area contributed by atoms with Gasteiger partial charge < -0.3 is 5.73 Å². The van der Waals surface area contributed by atoms with Crippen LogP contribution in [0, 0.1) is 0 Å². The molecule has 0 unspecified atom stereocenters. The second-order valence-electron chi connectivity index (χ2n) is 2.80. The Kier molecular flexibility index (Phi) is 4.04. The summed E-state index contributed by atoms with van der Waals surface area (Å²) in [6.07, 6.45) is 0. The Morgan fingerprint density at radius 3 is 2.54 bits per heavy atom. The summed E-state index contributed by atoms with van der Waals surface area (Å²) < 4.78 is 0. The topological polar surface area (TPSA) is 75.4 Å². The lowest BCUT2D eigenvalue weighted by Crippen LogP contribution is -2.44. The van der Waals surface area contributed by atoms with Crippen molar-refractivity contribution < 1.29 is 9.59 Å². The van der Waals surface area contributed by atoms with E-state index in [2.05, 4.69) is 0 Å². The molecule has 0 aromatic heterocycles. The quantitative estimate of drug-likeness (QED) is 0.618. The van der Waals surface area contributed by atoms with E-state index in [4.69, 9.17) is 5.73 Å². The summed E-state index contributed by atoms with van der Waals surface area (Å²) in [6.45, 7) is 2.07. The lowest BCUT2D eigenvalue weighted by atomic mass is 10.4. The first-order valence-electron chi connectivity index (χ1n) is 4.08. The molecule has 0 saturated carbocycles. The minimum absolute atomic E-state index is 0.267. The molecular formula is C7H13N3O2S. The first kappa shape index (κ1) is 10.3. The highest BCUT2D eigenvalue weighted by atomic mass is 32.2. The zero-order valence-electron chi connectivity index (χ0n) is 7.28. The summed E-state index contributed by atoms with van der Waals surface area (Å²) in [5, 5.41) is 2.04. The van der Waals surface area contributed by atoms with Crippen LogP contribution in [0.1, 0.15) is 0 Å². The molecule has 5 nitrogen and oxygen atoms in total. The van der Waals surface area contributed by atoms with Crippen molar-refractivity contribution in [2.24, 2.45) is 5.73 Å². The molecule has 0 aromatic carbocycles. The molecule has 0 radical (unpaired) electrons. The molecule has 1 aliphatic heterocycles. The number of imide groups is 1. The highest BCUT2D eigenvalue weighted by Gasteiger charge is 2.14. The maximum atomic E-state index is 11.1. The number of amides is 3. The number of carbonyl (C=O) groups excluding carboxylic acids is 2. The van der Waals surface area contributed by atoms with Crippen LogP contribution in [0.5, 0.6) is 0 Å². The number of urea groups is 1. The Hall–Kier alpha value is -0.750. The molecule has 0 aromatic rings. The van der Waals surface area contributed by atoms with Crippen LogP contribution < -0.4 is 11.1 Å².